The fourth-order valence-corrected chi connectivity index (χ4v) is 2.01. The number of hydrogen-bond donors (Lipinski definition) is 2. The molecule has 2 atom stereocenters. The van der Waals surface area contributed by atoms with Gasteiger partial charge in [-0.15, -0.1) is 0 Å². The van der Waals surface area contributed by atoms with Crippen LogP contribution in [0.4, 0.5) is 0 Å². The molecule has 4 N–H and O–H groups in total. The molecule has 23 heavy (non-hydrogen) atoms. The first kappa shape index (κ1) is 19.6. The lowest BCUT2D eigenvalue weighted by Gasteiger charge is -2.08. The number of hydrogen-bond acceptors (Lipinski definition) is 2. The Labute approximate surface area is 150 Å². The summed E-state index contributed by atoms with van der Waals surface area (Å²) in [6.07, 6.45) is -0.755. The molecule has 2 rings (SSSR count). The van der Waals surface area contributed by atoms with Crippen LogP contribution in [0.25, 0.3) is 0 Å². The predicted octanol–water partition coefficient (Wildman–Crippen LogP) is 3.27. The molecule has 0 heterocycles. The van der Waals surface area contributed by atoms with Gasteiger partial charge in [0.2, 0.25) is 0 Å². The van der Waals surface area contributed by atoms with Gasteiger partial charge in [0.25, 0.3) is 0 Å². The van der Waals surface area contributed by atoms with Crippen molar-refractivity contribution in [2.75, 3.05) is 0 Å². The smallest absolute Gasteiger partial charge is 0.332 e. The lowest BCUT2D eigenvalue weighted by molar-refractivity contribution is -0.420. The largest absolute Gasteiger partial charge is 0.479 e. The van der Waals surface area contributed by atoms with Crippen molar-refractivity contribution in [2.24, 2.45) is 0 Å². The number of ether oxygens (including phenoxy) is 1. The first-order chi connectivity index (χ1) is 10.9. The van der Waals surface area contributed by atoms with Gasteiger partial charge >= 0.3 is 5.97 Å². The van der Waals surface area contributed by atoms with Gasteiger partial charge in [-0.1, -0.05) is 42.5 Å². The van der Waals surface area contributed by atoms with Crippen LogP contribution in [0.15, 0.2) is 54.6 Å². The summed E-state index contributed by atoms with van der Waals surface area (Å²) in [5, 5.41) is 8.58. The van der Waals surface area contributed by atoms with E-state index in [1.807, 2.05) is 42.5 Å². The molecule has 0 spiro atoms. The maximum Gasteiger partial charge on any atom is 0.332 e. The molecule has 0 unspecified atom stereocenters. The second kappa shape index (κ2) is 10.4. The first-order valence-corrected chi connectivity index (χ1v) is 8.45. The monoisotopic (exact) mass is 428 g/mol. The summed E-state index contributed by atoms with van der Waals surface area (Å²) < 4.78 is 6.28. The second-order valence-electron chi connectivity index (χ2n) is 5.23. The summed E-state index contributed by atoms with van der Waals surface area (Å²) in [6.45, 7) is 3.95. The minimum atomic E-state index is -0.935. The number of halogens is 1. The van der Waals surface area contributed by atoms with E-state index in [0.29, 0.717) is 12.6 Å². The molecule has 0 saturated heterocycles. The van der Waals surface area contributed by atoms with Gasteiger partial charge in [0.05, 0.1) is 6.61 Å². The van der Waals surface area contributed by atoms with E-state index in [-0.39, 0.29) is 0 Å². The summed E-state index contributed by atoms with van der Waals surface area (Å²) in [6, 6.07) is 18.5. The number of aliphatic carboxylic acids is 1. The molecule has 0 aliphatic carbocycles. The molecule has 2 aromatic carbocycles. The van der Waals surface area contributed by atoms with E-state index < -0.39 is 12.1 Å². The van der Waals surface area contributed by atoms with E-state index >= 15 is 0 Å². The molecule has 0 aliphatic heterocycles. The molecule has 0 radical (unpaired) electrons. The maximum absolute atomic E-state index is 10.4. The fraction of sp³-hybridized carbons (Fsp3) is 0.278. The van der Waals surface area contributed by atoms with Crippen LogP contribution >= 0.6 is 22.6 Å². The highest BCUT2D eigenvalue weighted by Crippen LogP contribution is 2.08. The summed E-state index contributed by atoms with van der Waals surface area (Å²) >= 11 is 2.21. The number of carbonyl (C=O) groups is 1. The Hall–Kier alpha value is -1.44. The molecule has 0 saturated carbocycles. The van der Waals surface area contributed by atoms with Crippen molar-refractivity contribution >= 4 is 28.6 Å². The molecule has 5 heteroatoms. The van der Waals surface area contributed by atoms with Crippen LogP contribution in [-0.2, 0) is 16.1 Å². The average molecular weight is 428 g/mol. The van der Waals surface area contributed by atoms with Gasteiger partial charge in [0.15, 0.2) is 6.10 Å². The third-order valence-electron chi connectivity index (χ3n) is 3.13. The van der Waals surface area contributed by atoms with Crippen molar-refractivity contribution < 1.29 is 20.4 Å². The van der Waals surface area contributed by atoms with Crippen molar-refractivity contribution in [3.8, 4) is 0 Å². The lowest BCUT2D eigenvalue weighted by Crippen LogP contribution is -2.51. The normalized spacial score (nSPS) is 12.7. The molecule has 0 amide bonds. The molecule has 0 bridgehead atoms. The third kappa shape index (κ3) is 8.11. The maximum atomic E-state index is 10.4. The summed E-state index contributed by atoms with van der Waals surface area (Å²) in [7, 11) is 0. The standard InChI is InChI=1S/C10H11IO3.C8H11N/c1-7(10(12)13)14-6-8-2-4-9(11)5-3-8;1-7(9)8-5-3-2-4-6-8/h2-5,7H,6H2,1H3,(H,12,13);2-7H,9H2,1H3/p+1/t2*7-/m01/s1. The highest BCUT2D eigenvalue weighted by molar-refractivity contribution is 14.1. The molecular weight excluding hydrogens is 405 g/mol. The molecule has 4 nitrogen and oxygen atoms in total. The summed E-state index contributed by atoms with van der Waals surface area (Å²) in [5.74, 6) is -0.935. The summed E-state index contributed by atoms with van der Waals surface area (Å²) in [5.41, 5.74) is 6.20. The van der Waals surface area contributed by atoms with E-state index in [9.17, 15) is 4.79 Å². The molecule has 124 valence electrons. The fourth-order valence-electron chi connectivity index (χ4n) is 1.65. The quantitative estimate of drug-likeness (QED) is 0.718. The Balaban J connectivity index is 0.000000253. The molecule has 0 fully saturated rings. The van der Waals surface area contributed by atoms with E-state index in [0.717, 1.165) is 9.13 Å². The number of quaternary nitrogens is 1. The van der Waals surface area contributed by atoms with Gasteiger partial charge in [-0.3, -0.25) is 0 Å². The van der Waals surface area contributed by atoms with Gasteiger partial charge < -0.3 is 15.6 Å². The van der Waals surface area contributed by atoms with Gasteiger partial charge in [-0.2, -0.15) is 0 Å². The predicted molar refractivity (Wildman–Crippen MR) is 98.8 cm³/mol. The highest BCUT2D eigenvalue weighted by Gasteiger charge is 2.10. The van der Waals surface area contributed by atoms with Crippen LogP contribution in [0.3, 0.4) is 0 Å². The number of carboxylic acid groups (broad SMARTS) is 1. The van der Waals surface area contributed by atoms with E-state index in [4.69, 9.17) is 9.84 Å². The average Bonchev–Trinajstić information content (AvgIpc) is 2.55. The molecule has 0 aliphatic rings. The van der Waals surface area contributed by atoms with Crippen LogP contribution in [0, 0.1) is 3.57 Å². The van der Waals surface area contributed by atoms with Gasteiger partial charge in [0.1, 0.15) is 6.04 Å². The zero-order chi connectivity index (χ0) is 17.2. The molecule has 0 aromatic heterocycles. The van der Waals surface area contributed by atoms with E-state index in [2.05, 4.69) is 47.4 Å². The zero-order valence-corrected chi connectivity index (χ0v) is 15.6. The number of carboxylic acids is 1. The van der Waals surface area contributed by atoms with Crippen molar-refractivity contribution in [2.45, 2.75) is 32.6 Å². The van der Waals surface area contributed by atoms with Crippen molar-refractivity contribution in [3.05, 3.63) is 69.3 Å². The van der Waals surface area contributed by atoms with Gasteiger partial charge in [-0.25, -0.2) is 4.79 Å². The Morgan fingerprint density at radius 2 is 1.70 bits per heavy atom. The second-order valence-corrected chi connectivity index (χ2v) is 6.48. The number of benzene rings is 2. The third-order valence-corrected chi connectivity index (χ3v) is 3.85. The van der Waals surface area contributed by atoms with Crippen molar-refractivity contribution in [3.63, 3.8) is 0 Å². The molecular formula is C18H23INO3+. The van der Waals surface area contributed by atoms with Crippen LogP contribution in [-0.4, -0.2) is 17.2 Å². The van der Waals surface area contributed by atoms with E-state index in [1.54, 1.807) is 0 Å². The van der Waals surface area contributed by atoms with Crippen LogP contribution in [0.1, 0.15) is 31.0 Å². The van der Waals surface area contributed by atoms with Crippen molar-refractivity contribution in [1.82, 2.24) is 0 Å². The Morgan fingerprint density at radius 1 is 1.13 bits per heavy atom. The SMILES string of the molecule is C[C@@H]([NH3+])c1ccccc1.C[C@H](OCc1ccc(I)cc1)C(=O)O. The lowest BCUT2D eigenvalue weighted by atomic mass is 10.1. The summed E-state index contributed by atoms with van der Waals surface area (Å²) in [4.78, 5) is 10.4. The Kier molecular flexibility index (Phi) is 8.83. The van der Waals surface area contributed by atoms with E-state index in [1.165, 1.54) is 12.5 Å². The molecule has 2 aromatic rings. The van der Waals surface area contributed by atoms with Crippen LogP contribution in [0.5, 0.6) is 0 Å². The van der Waals surface area contributed by atoms with Gasteiger partial charge in [-0.05, 0) is 54.1 Å². The minimum absolute atomic E-state index is 0.338. The number of rotatable bonds is 5. The minimum Gasteiger partial charge on any atom is -0.479 e. The van der Waals surface area contributed by atoms with Crippen LogP contribution < -0.4 is 5.73 Å². The van der Waals surface area contributed by atoms with Crippen molar-refractivity contribution in [1.29, 1.82) is 0 Å². The zero-order valence-electron chi connectivity index (χ0n) is 13.4. The Morgan fingerprint density at radius 3 is 2.13 bits per heavy atom. The van der Waals surface area contributed by atoms with Crippen LogP contribution in [0.2, 0.25) is 0 Å². The Bertz CT molecular complexity index is 585. The first-order valence-electron chi connectivity index (χ1n) is 7.37. The highest BCUT2D eigenvalue weighted by atomic mass is 127. The van der Waals surface area contributed by atoms with Gasteiger partial charge in [0, 0.05) is 9.13 Å². The topological polar surface area (TPSA) is 74.2 Å².